The molecule has 3 rings (SSSR count). The van der Waals surface area contributed by atoms with E-state index in [2.05, 4.69) is 15.3 Å². The Hall–Kier alpha value is -3.03. The minimum atomic E-state index is -0.784. The number of rotatable bonds is 3. The van der Waals surface area contributed by atoms with Gasteiger partial charge in [-0.1, -0.05) is 30.3 Å². The largest absolute Gasteiger partial charge is 0.444 e. The number of nitrogens with zero attached hydrogens (tertiary/aromatic N) is 2. The zero-order valence-electron chi connectivity index (χ0n) is 19.8. The van der Waals surface area contributed by atoms with E-state index >= 15 is 0 Å². The van der Waals surface area contributed by atoms with Gasteiger partial charge in [0.25, 0.3) is 0 Å². The van der Waals surface area contributed by atoms with Crippen LogP contribution in [0.15, 0.2) is 36.5 Å². The second kappa shape index (κ2) is 8.84. The molecule has 8 nitrogen and oxygen atoms in total. The molecule has 1 aromatic carbocycles. The highest BCUT2D eigenvalue weighted by Crippen LogP contribution is 2.33. The Labute approximate surface area is 189 Å². The number of ether oxygens (including phenoxy) is 2. The Morgan fingerprint density at radius 1 is 1.00 bits per heavy atom. The van der Waals surface area contributed by atoms with Crippen molar-refractivity contribution < 1.29 is 19.1 Å². The van der Waals surface area contributed by atoms with Crippen LogP contribution < -0.4 is 5.32 Å². The number of likely N-dealkylation sites (tertiary alicyclic amines) is 1. The molecule has 1 aliphatic rings. The Morgan fingerprint density at radius 2 is 1.59 bits per heavy atom. The van der Waals surface area contributed by atoms with Gasteiger partial charge in [0.2, 0.25) is 0 Å². The van der Waals surface area contributed by atoms with Gasteiger partial charge in [-0.25, -0.2) is 14.6 Å². The highest BCUT2D eigenvalue weighted by Gasteiger charge is 2.43. The van der Waals surface area contributed by atoms with Crippen LogP contribution in [0.4, 0.5) is 9.59 Å². The first-order chi connectivity index (χ1) is 14.9. The van der Waals surface area contributed by atoms with E-state index in [1.807, 2.05) is 71.9 Å². The number of imidazole rings is 1. The van der Waals surface area contributed by atoms with Crippen molar-refractivity contribution in [3.63, 3.8) is 0 Å². The fourth-order valence-electron chi connectivity index (χ4n) is 3.65. The van der Waals surface area contributed by atoms with Crippen LogP contribution in [-0.2, 0) is 15.0 Å². The first-order valence-electron chi connectivity index (χ1n) is 11.0. The summed E-state index contributed by atoms with van der Waals surface area (Å²) in [5.41, 5.74) is -0.105. The Bertz CT molecular complexity index is 933. The third-order valence-corrected chi connectivity index (χ3v) is 5.12. The molecule has 0 radical (unpaired) electrons. The second-order valence-corrected chi connectivity index (χ2v) is 10.2. The summed E-state index contributed by atoms with van der Waals surface area (Å²) in [5, 5.41) is 3.04. The van der Waals surface area contributed by atoms with Gasteiger partial charge in [0.15, 0.2) is 0 Å². The minimum Gasteiger partial charge on any atom is -0.444 e. The van der Waals surface area contributed by atoms with Crippen LogP contribution in [0.1, 0.15) is 60.2 Å². The maximum atomic E-state index is 12.7. The molecule has 1 saturated heterocycles. The van der Waals surface area contributed by atoms with E-state index in [0.29, 0.717) is 31.8 Å². The van der Waals surface area contributed by atoms with Crippen molar-refractivity contribution in [3.05, 3.63) is 42.4 Å². The third-order valence-electron chi connectivity index (χ3n) is 5.12. The fourth-order valence-corrected chi connectivity index (χ4v) is 3.65. The summed E-state index contributed by atoms with van der Waals surface area (Å²) in [7, 11) is 0. The van der Waals surface area contributed by atoms with Crippen molar-refractivity contribution in [2.45, 2.75) is 71.1 Å². The SMILES string of the molecule is CC(C)(C)OC(=O)NC1(c2ncc(-c3ccccc3)[nH]2)CCN(C(=O)OC(C)(C)C)CC1. The Balaban J connectivity index is 1.83. The normalized spacial score (nSPS) is 16.4. The fraction of sp³-hybridized carbons (Fsp3) is 0.542. The number of hydrogen-bond acceptors (Lipinski definition) is 5. The zero-order chi connectivity index (χ0) is 23.6. The summed E-state index contributed by atoms with van der Waals surface area (Å²) in [6, 6.07) is 9.87. The van der Waals surface area contributed by atoms with Crippen LogP contribution in [0.5, 0.6) is 0 Å². The molecule has 2 aromatic rings. The van der Waals surface area contributed by atoms with Crippen molar-refractivity contribution in [1.29, 1.82) is 0 Å². The van der Waals surface area contributed by atoms with E-state index in [-0.39, 0.29) is 6.09 Å². The molecule has 2 amide bonds. The van der Waals surface area contributed by atoms with E-state index < -0.39 is 22.8 Å². The van der Waals surface area contributed by atoms with Crippen molar-refractivity contribution in [2.24, 2.45) is 0 Å². The molecular weight excluding hydrogens is 408 g/mol. The molecule has 1 aromatic heterocycles. The Morgan fingerprint density at radius 3 is 2.16 bits per heavy atom. The van der Waals surface area contributed by atoms with E-state index in [9.17, 15) is 9.59 Å². The van der Waals surface area contributed by atoms with Gasteiger partial charge < -0.3 is 24.7 Å². The van der Waals surface area contributed by atoms with E-state index in [1.165, 1.54) is 0 Å². The number of carbonyl (C=O) groups is 2. The number of amides is 2. The monoisotopic (exact) mass is 442 g/mol. The van der Waals surface area contributed by atoms with Crippen molar-refractivity contribution >= 4 is 12.2 Å². The van der Waals surface area contributed by atoms with Gasteiger partial charge in [-0.2, -0.15) is 0 Å². The number of alkyl carbamates (subject to hydrolysis) is 1. The van der Waals surface area contributed by atoms with Crippen molar-refractivity contribution in [3.8, 4) is 11.3 Å². The van der Waals surface area contributed by atoms with E-state index in [0.717, 1.165) is 11.3 Å². The molecule has 0 unspecified atom stereocenters. The number of nitrogens with one attached hydrogen (secondary N) is 2. The highest BCUT2D eigenvalue weighted by atomic mass is 16.6. The second-order valence-electron chi connectivity index (χ2n) is 10.2. The lowest BCUT2D eigenvalue weighted by molar-refractivity contribution is 0.0107. The van der Waals surface area contributed by atoms with Crippen LogP contribution in [0.3, 0.4) is 0 Å². The molecule has 0 spiro atoms. The molecule has 32 heavy (non-hydrogen) atoms. The summed E-state index contributed by atoms with van der Waals surface area (Å²) in [4.78, 5) is 34.9. The molecule has 174 valence electrons. The highest BCUT2D eigenvalue weighted by molar-refractivity contribution is 5.70. The van der Waals surface area contributed by atoms with Gasteiger partial charge in [0, 0.05) is 13.1 Å². The molecule has 8 heteroatoms. The van der Waals surface area contributed by atoms with Gasteiger partial charge in [-0.3, -0.25) is 0 Å². The van der Waals surface area contributed by atoms with Crippen LogP contribution in [0, 0.1) is 0 Å². The average molecular weight is 443 g/mol. The molecule has 1 fully saturated rings. The maximum Gasteiger partial charge on any atom is 0.410 e. The standard InChI is InChI=1S/C24H34N4O4/c1-22(2,3)31-20(29)27-24(12-14-28(15-13-24)21(30)32-23(4,5)6)19-25-16-18(26-19)17-10-8-7-9-11-17/h7-11,16H,12-15H2,1-6H3,(H,25,26)(H,27,29). The van der Waals surface area contributed by atoms with E-state index in [1.54, 1.807) is 11.1 Å². The summed E-state index contributed by atoms with van der Waals surface area (Å²) in [5.74, 6) is 0.644. The number of carbonyl (C=O) groups excluding carboxylic acids is 2. The zero-order valence-corrected chi connectivity index (χ0v) is 19.8. The molecule has 2 N–H and O–H groups in total. The van der Waals surface area contributed by atoms with Gasteiger partial charge >= 0.3 is 12.2 Å². The number of benzene rings is 1. The Kier molecular flexibility index (Phi) is 6.53. The summed E-state index contributed by atoms with van der Waals surface area (Å²) < 4.78 is 11.0. The molecule has 0 aliphatic carbocycles. The van der Waals surface area contributed by atoms with Crippen LogP contribution in [0.2, 0.25) is 0 Å². The lowest BCUT2D eigenvalue weighted by atomic mass is 9.86. The first kappa shape index (κ1) is 23.6. The van der Waals surface area contributed by atoms with Crippen molar-refractivity contribution in [2.75, 3.05) is 13.1 Å². The summed E-state index contributed by atoms with van der Waals surface area (Å²) in [6.45, 7) is 11.9. The van der Waals surface area contributed by atoms with Crippen molar-refractivity contribution in [1.82, 2.24) is 20.2 Å². The smallest absolute Gasteiger partial charge is 0.410 e. The maximum absolute atomic E-state index is 12.7. The van der Waals surface area contributed by atoms with Gasteiger partial charge in [0.1, 0.15) is 22.6 Å². The molecule has 0 bridgehead atoms. The summed E-state index contributed by atoms with van der Waals surface area (Å²) in [6.07, 6.45) is 1.86. The number of hydrogen-bond donors (Lipinski definition) is 2. The van der Waals surface area contributed by atoms with Gasteiger partial charge in [-0.05, 0) is 59.9 Å². The summed E-state index contributed by atoms with van der Waals surface area (Å²) >= 11 is 0. The predicted molar refractivity (Wildman–Crippen MR) is 122 cm³/mol. The van der Waals surface area contributed by atoms with Gasteiger partial charge in [0.05, 0.1) is 11.9 Å². The quantitative estimate of drug-likeness (QED) is 0.710. The number of piperidine rings is 1. The molecule has 0 saturated carbocycles. The van der Waals surface area contributed by atoms with Crippen LogP contribution >= 0.6 is 0 Å². The molecule has 2 heterocycles. The minimum absolute atomic E-state index is 0.354. The first-order valence-corrected chi connectivity index (χ1v) is 11.0. The predicted octanol–water partition coefficient (Wildman–Crippen LogP) is 4.83. The number of H-pyrrole nitrogens is 1. The van der Waals surface area contributed by atoms with E-state index in [4.69, 9.17) is 9.47 Å². The lowest BCUT2D eigenvalue weighted by Gasteiger charge is -2.41. The molecule has 0 atom stereocenters. The molecular formula is C24H34N4O4. The van der Waals surface area contributed by atoms with Crippen LogP contribution in [-0.4, -0.2) is 51.3 Å². The van der Waals surface area contributed by atoms with Gasteiger partial charge in [-0.15, -0.1) is 0 Å². The number of aromatic amines is 1. The lowest BCUT2D eigenvalue weighted by Crippen LogP contribution is -2.55. The topological polar surface area (TPSA) is 96.5 Å². The average Bonchev–Trinajstić information content (AvgIpc) is 3.17. The third kappa shape index (κ3) is 6.02. The number of aromatic nitrogens is 2. The molecule has 1 aliphatic heterocycles. The van der Waals surface area contributed by atoms with Crippen LogP contribution in [0.25, 0.3) is 11.3 Å².